The van der Waals surface area contributed by atoms with Crippen molar-refractivity contribution in [2.24, 2.45) is 0 Å². The maximum absolute atomic E-state index is 11.6. The van der Waals surface area contributed by atoms with Crippen LogP contribution in [-0.2, 0) is 21.3 Å². The molecule has 0 bridgehead atoms. The molecule has 1 aromatic carbocycles. The van der Waals surface area contributed by atoms with Gasteiger partial charge >= 0.3 is 5.97 Å². The highest BCUT2D eigenvalue weighted by molar-refractivity contribution is 9.08. The van der Waals surface area contributed by atoms with E-state index in [0.29, 0.717) is 28.8 Å². The molecule has 0 amide bonds. The van der Waals surface area contributed by atoms with Crippen LogP contribution in [0.2, 0.25) is 0 Å². The van der Waals surface area contributed by atoms with Crippen LogP contribution in [0.4, 0.5) is 0 Å². The van der Waals surface area contributed by atoms with Gasteiger partial charge in [0.2, 0.25) is 0 Å². The standard InChI is InChI=1S/C13H14BrNO3/c1-3-18-13(16)6-10-9(8-15)4-5-12(17-2)11(10)7-14/h4-5H,3,6-7H2,1-2H3. The molecule has 0 atom stereocenters. The summed E-state index contributed by atoms with van der Waals surface area (Å²) >= 11 is 3.35. The van der Waals surface area contributed by atoms with Gasteiger partial charge in [0.1, 0.15) is 5.75 Å². The van der Waals surface area contributed by atoms with E-state index >= 15 is 0 Å². The van der Waals surface area contributed by atoms with Gasteiger partial charge < -0.3 is 9.47 Å². The van der Waals surface area contributed by atoms with Gasteiger partial charge in [-0.15, -0.1) is 0 Å². The number of nitrogens with zero attached hydrogens (tertiary/aromatic N) is 1. The van der Waals surface area contributed by atoms with Crippen LogP contribution in [0.25, 0.3) is 0 Å². The number of carbonyl (C=O) groups excluding carboxylic acids is 1. The average molecular weight is 312 g/mol. The maximum atomic E-state index is 11.6. The highest BCUT2D eigenvalue weighted by Gasteiger charge is 2.16. The quantitative estimate of drug-likeness (QED) is 0.619. The van der Waals surface area contributed by atoms with Gasteiger partial charge in [-0.05, 0) is 24.6 Å². The Morgan fingerprint density at radius 3 is 2.67 bits per heavy atom. The third-order valence-corrected chi connectivity index (χ3v) is 3.05. The van der Waals surface area contributed by atoms with Crippen molar-refractivity contribution in [1.29, 1.82) is 5.26 Å². The summed E-state index contributed by atoms with van der Waals surface area (Å²) in [6.07, 6.45) is 0.0782. The third kappa shape index (κ3) is 3.23. The minimum atomic E-state index is -0.343. The second-order valence-electron chi connectivity index (χ2n) is 3.50. The lowest BCUT2D eigenvalue weighted by Gasteiger charge is -2.13. The normalized spacial score (nSPS) is 9.67. The minimum absolute atomic E-state index is 0.0782. The molecule has 0 unspecified atom stereocenters. The fraction of sp³-hybridized carbons (Fsp3) is 0.385. The molecule has 0 saturated carbocycles. The average Bonchev–Trinajstić information content (AvgIpc) is 2.38. The maximum Gasteiger partial charge on any atom is 0.310 e. The molecular weight excluding hydrogens is 298 g/mol. The molecule has 0 aromatic heterocycles. The summed E-state index contributed by atoms with van der Waals surface area (Å²) in [6.45, 7) is 2.08. The van der Waals surface area contributed by atoms with Crippen molar-refractivity contribution in [2.45, 2.75) is 18.7 Å². The first-order chi connectivity index (χ1) is 8.67. The van der Waals surface area contributed by atoms with Crippen LogP contribution in [0, 0.1) is 11.3 Å². The van der Waals surface area contributed by atoms with E-state index in [-0.39, 0.29) is 12.4 Å². The van der Waals surface area contributed by atoms with E-state index < -0.39 is 0 Å². The van der Waals surface area contributed by atoms with Gasteiger partial charge in [0.15, 0.2) is 0 Å². The van der Waals surface area contributed by atoms with Gasteiger partial charge in [0.05, 0.1) is 31.8 Å². The number of alkyl halides is 1. The number of esters is 1. The number of benzene rings is 1. The summed E-state index contributed by atoms with van der Waals surface area (Å²) in [6, 6.07) is 5.46. The molecule has 0 aliphatic rings. The number of ether oxygens (including phenoxy) is 2. The van der Waals surface area contributed by atoms with E-state index in [2.05, 4.69) is 22.0 Å². The fourth-order valence-corrected chi connectivity index (χ4v) is 2.29. The highest BCUT2D eigenvalue weighted by atomic mass is 79.9. The molecule has 18 heavy (non-hydrogen) atoms. The number of nitriles is 1. The smallest absolute Gasteiger partial charge is 0.310 e. The lowest BCUT2D eigenvalue weighted by atomic mass is 9.99. The molecule has 0 saturated heterocycles. The molecule has 0 aliphatic heterocycles. The number of carbonyl (C=O) groups is 1. The van der Waals surface area contributed by atoms with Gasteiger partial charge in [-0.1, -0.05) is 15.9 Å². The fourth-order valence-electron chi connectivity index (χ4n) is 1.67. The monoisotopic (exact) mass is 311 g/mol. The summed E-state index contributed by atoms with van der Waals surface area (Å²) in [4.78, 5) is 11.6. The van der Waals surface area contributed by atoms with Crippen molar-refractivity contribution in [3.63, 3.8) is 0 Å². The van der Waals surface area contributed by atoms with Crippen molar-refractivity contribution < 1.29 is 14.3 Å². The lowest BCUT2D eigenvalue weighted by molar-refractivity contribution is -0.142. The Morgan fingerprint density at radius 2 is 2.17 bits per heavy atom. The summed E-state index contributed by atoms with van der Waals surface area (Å²) in [5, 5.41) is 9.60. The zero-order valence-electron chi connectivity index (χ0n) is 10.3. The second kappa shape index (κ2) is 7.02. The molecule has 4 nitrogen and oxygen atoms in total. The van der Waals surface area contributed by atoms with Crippen molar-refractivity contribution >= 4 is 21.9 Å². The van der Waals surface area contributed by atoms with Crippen molar-refractivity contribution in [3.05, 3.63) is 28.8 Å². The zero-order valence-corrected chi connectivity index (χ0v) is 11.9. The van der Waals surface area contributed by atoms with E-state index in [1.807, 2.05) is 0 Å². The van der Waals surface area contributed by atoms with Crippen LogP contribution in [0.15, 0.2) is 12.1 Å². The van der Waals surface area contributed by atoms with Crippen molar-refractivity contribution in [1.82, 2.24) is 0 Å². The number of hydrogen-bond acceptors (Lipinski definition) is 4. The predicted molar refractivity (Wildman–Crippen MR) is 70.7 cm³/mol. The lowest BCUT2D eigenvalue weighted by Crippen LogP contribution is -2.11. The van der Waals surface area contributed by atoms with Crippen LogP contribution < -0.4 is 4.74 Å². The predicted octanol–water partition coefficient (Wildman–Crippen LogP) is 2.57. The largest absolute Gasteiger partial charge is 0.496 e. The summed E-state index contributed by atoms with van der Waals surface area (Å²) in [5.41, 5.74) is 1.94. The van der Waals surface area contributed by atoms with Crippen LogP contribution >= 0.6 is 15.9 Å². The van der Waals surface area contributed by atoms with E-state index in [4.69, 9.17) is 14.7 Å². The van der Waals surface area contributed by atoms with Gasteiger partial charge in [-0.25, -0.2) is 0 Å². The van der Waals surface area contributed by atoms with Crippen LogP contribution in [0.1, 0.15) is 23.6 Å². The number of halogens is 1. The topological polar surface area (TPSA) is 59.3 Å². The molecule has 1 aromatic rings. The second-order valence-corrected chi connectivity index (χ2v) is 4.06. The van der Waals surface area contributed by atoms with Gasteiger partial charge in [0.25, 0.3) is 0 Å². The molecule has 0 N–H and O–H groups in total. The van der Waals surface area contributed by atoms with Crippen LogP contribution in [-0.4, -0.2) is 19.7 Å². The van der Waals surface area contributed by atoms with Crippen LogP contribution in [0.5, 0.6) is 5.75 Å². The Labute approximate surface area is 115 Å². The molecule has 96 valence electrons. The zero-order chi connectivity index (χ0) is 13.5. The Balaban J connectivity index is 3.20. The molecule has 5 heteroatoms. The molecule has 0 aliphatic carbocycles. The molecule has 0 heterocycles. The minimum Gasteiger partial charge on any atom is -0.496 e. The Morgan fingerprint density at radius 1 is 1.44 bits per heavy atom. The summed E-state index contributed by atoms with van der Waals surface area (Å²) < 4.78 is 10.1. The van der Waals surface area contributed by atoms with E-state index in [1.165, 1.54) is 0 Å². The first kappa shape index (κ1) is 14.5. The number of methoxy groups -OCH3 is 1. The molecule has 0 spiro atoms. The first-order valence-corrected chi connectivity index (χ1v) is 6.60. The molecular formula is C13H14BrNO3. The van der Waals surface area contributed by atoms with Gasteiger partial charge in [0, 0.05) is 10.9 Å². The molecule has 1 rings (SSSR count). The molecule has 0 fully saturated rings. The van der Waals surface area contributed by atoms with Gasteiger partial charge in [-0.2, -0.15) is 5.26 Å². The Kier molecular flexibility index (Phi) is 5.66. The molecule has 0 radical (unpaired) electrons. The first-order valence-electron chi connectivity index (χ1n) is 5.48. The summed E-state index contributed by atoms with van der Waals surface area (Å²) in [7, 11) is 1.56. The third-order valence-electron chi connectivity index (χ3n) is 2.49. The number of rotatable bonds is 5. The SMILES string of the molecule is CCOC(=O)Cc1c(C#N)ccc(OC)c1CBr. The Bertz CT molecular complexity index is 480. The number of hydrogen-bond donors (Lipinski definition) is 0. The Hall–Kier alpha value is -1.54. The summed E-state index contributed by atoms with van der Waals surface area (Å²) in [5.74, 6) is 0.314. The van der Waals surface area contributed by atoms with Crippen molar-refractivity contribution in [2.75, 3.05) is 13.7 Å². The van der Waals surface area contributed by atoms with Crippen molar-refractivity contribution in [3.8, 4) is 11.8 Å². The van der Waals surface area contributed by atoms with E-state index in [1.54, 1.807) is 26.2 Å². The van der Waals surface area contributed by atoms with Crippen LogP contribution in [0.3, 0.4) is 0 Å². The highest BCUT2D eigenvalue weighted by Crippen LogP contribution is 2.28. The van der Waals surface area contributed by atoms with E-state index in [0.717, 1.165) is 5.56 Å². The van der Waals surface area contributed by atoms with Gasteiger partial charge in [-0.3, -0.25) is 4.79 Å². The van der Waals surface area contributed by atoms with E-state index in [9.17, 15) is 4.79 Å².